The lowest BCUT2D eigenvalue weighted by Crippen LogP contribution is -2.63. The molecule has 7 heteroatoms. The topological polar surface area (TPSA) is 58.9 Å². The van der Waals surface area contributed by atoms with Crippen LogP contribution in [0.3, 0.4) is 0 Å². The van der Waals surface area contributed by atoms with Gasteiger partial charge >= 0.3 is 0 Å². The normalized spacial score (nSPS) is 25.4. The van der Waals surface area contributed by atoms with Gasteiger partial charge in [-0.05, 0) is 44.1 Å². The zero-order valence-corrected chi connectivity index (χ0v) is 17.9. The summed E-state index contributed by atoms with van der Waals surface area (Å²) in [6.07, 6.45) is 0. The molecule has 136 valence electrons. The minimum Gasteiger partial charge on any atom is -0.616 e. The Morgan fingerprint density at radius 2 is 2.00 bits per heavy atom. The predicted molar refractivity (Wildman–Crippen MR) is 115 cm³/mol. The van der Waals surface area contributed by atoms with Gasteiger partial charge in [-0.1, -0.05) is 29.8 Å². The van der Waals surface area contributed by atoms with Gasteiger partial charge in [0.1, 0.15) is 11.3 Å². The van der Waals surface area contributed by atoms with E-state index in [1.165, 1.54) is 15.6 Å². The summed E-state index contributed by atoms with van der Waals surface area (Å²) in [5, 5.41) is 15.6. The van der Waals surface area contributed by atoms with Crippen molar-refractivity contribution < 1.29 is 4.55 Å². The maximum absolute atomic E-state index is 12.7. The molecule has 3 heterocycles. The van der Waals surface area contributed by atoms with Crippen LogP contribution in [0.4, 0.5) is 0 Å². The van der Waals surface area contributed by atoms with E-state index < -0.39 is 21.5 Å². The lowest BCUT2D eigenvalue weighted by molar-refractivity contribution is 0.449. The van der Waals surface area contributed by atoms with E-state index in [1.807, 2.05) is 39.0 Å². The highest BCUT2D eigenvalue weighted by molar-refractivity contribution is 7.93. The van der Waals surface area contributed by atoms with E-state index in [4.69, 9.17) is 17.0 Å². The van der Waals surface area contributed by atoms with Crippen LogP contribution in [-0.4, -0.2) is 20.9 Å². The van der Waals surface area contributed by atoms with Crippen molar-refractivity contribution in [3.8, 4) is 10.4 Å². The summed E-state index contributed by atoms with van der Waals surface area (Å²) in [7, 11) is 0. The molecule has 0 aliphatic carbocycles. The smallest absolute Gasteiger partial charge is 0.176 e. The highest BCUT2D eigenvalue weighted by Gasteiger charge is 2.50. The van der Waals surface area contributed by atoms with Crippen LogP contribution >= 0.6 is 34.3 Å². The first-order valence-corrected chi connectivity index (χ1v) is 11.6. The Hall–Kier alpha value is -1.05. The van der Waals surface area contributed by atoms with Gasteiger partial charge in [-0.15, -0.1) is 22.7 Å². The van der Waals surface area contributed by atoms with Crippen molar-refractivity contribution >= 4 is 61.4 Å². The molecular formula is C19H19ClN2OS3. The number of hydrogen-bond acceptors (Lipinski definition) is 4. The van der Waals surface area contributed by atoms with Crippen LogP contribution < -0.4 is 5.32 Å². The quantitative estimate of drug-likeness (QED) is 0.527. The molecule has 3 aromatic rings. The van der Waals surface area contributed by atoms with Crippen LogP contribution in [0.1, 0.15) is 25.6 Å². The van der Waals surface area contributed by atoms with Gasteiger partial charge in [0.15, 0.2) is 10.6 Å². The number of fused-ring (bicyclic) bond motifs is 1. The molecule has 1 aliphatic heterocycles. The molecule has 2 N–H and O–H groups in total. The molecular weight excluding hydrogens is 404 g/mol. The minimum atomic E-state index is -1.15. The zero-order chi connectivity index (χ0) is 18.7. The number of hydrogen-bond donors (Lipinski definition) is 2. The van der Waals surface area contributed by atoms with E-state index in [0.717, 1.165) is 9.75 Å². The Labute approximate surface area is 169 Å². The third-order valence-corrected chi connectivity index (χ3v) is 9.91. The maximum Gasteiger partial charge on any atom is 0.176 e. The van der Waals surface area contributed by atoms with Crippen molar-refractivity contribution in [3.05, 3.63) is 45.6 Å². The fourth-order valence-corrected chi connectivity index (χ4v) is 7.37. The predicted octanol–water partition coefficient (Wildman–Crippen LogP) is 5.61. The molecule has 26 heavy (non-hydrogen) atoms. The average molecular weight is 423 g/mol. The summed E-state index contributed by atoms with van der Waals surface area (Å²) >= 11 is 8.81. The van der Waals surface area contributed by atoms with Gasteiger partial charge in [0.05, 0.1) is 9.90 Å². The summed E-state index contributed by atoms with van der Waals surface area (Å²) in [5.74, 6) is 0.739. The standard InChI is InChI=1S/C19H19ClN2OS3/c1-18(2)17(21)22-19(3,10-26(18)23)16-13(20)8-15(25-16)12-9-24-14-7-5-4-6-11(12)14/h4-9H,10H2,1-3H3,(H2,21,22)/t19-,26?/m0/s1. The van der Waals surface area contributed by atoms with Crippen molar-refractivity contribution in [1.82, 2.24) is 5.32 Å². The molecule has 1 unspecified atom stereocenters. The van der Waals surface area contributed by atoms with Gasteiger partial charge in [0.25, 0.3) is 0 Å². The Morgan fingerprint density at radius 3 is 2.73 bits per heavy atom. The lowest BCUT2D eigenvalue weighted by Gasteiger charge is -2.43. The number of halogens is 1. The summed E-state index contributed by atoms with van der Waals surface area (Å²) in [5.41, 5.74) is 0.586. The van der Waals surface area contributed by atoms with Gasteiger partial charge < -0.3 is 9.87 Å². The first-order valence-electron chi connectivity index (χ1n) is 8.24. The van der Waals surface area contributed by atoms with Crippen LogP contribution in [0.2, 0.25) is 5.02 Å². The molecule has 0 saturated carbocycles. The Kier molecular flexibility index (Phi) is 4.40. The molecule has 2 atom stereocenters. The molecule has 2 aromatic heterocycles. The summed E-state index contributed by atoms with van der Waals surface area (Å²) in [6, 6.07) is 10.3. The molecule has 1 saturated heterocycles. The van der Waals surface area contributed by atoms with Gasteiger partial charge in [-0.2, -0.15) is 0 Å². The number of thiophene rings is 2. The summed E-state index contributed by atoms with van der Waals surface area (Å²) < 4.78 is 13.3. The van der Waals surface area contributed by atoms with Crippen molar-refractivity contribution in [2.24, 2.45) is 0 Å². The number of benzene rings is 1. The van der Waals surface area contributed by atoms with E-state index in [2.05, 4.69) is 22.8 Å². The SMILES string of the molecule is CC1(C)C(=N)N[C@](C)(c2sc(-c3csc4ccccc34)cc2Cl)C[S+]1[O-]. The molecule has 0 spiro atoms. The summed E-state index contributed by atoms with van der Waals surface area (Å²) in [6.45, 7) is 5.68. The molecule has 1 aliphatic rings. The second kappa shape index (κ2) is 6.24. The third-order valence-electron chi connectivity index (χ3n) is 4.93. The fraction of sp³-hybridized carbons (Fsp3) is 0.316. The van der Waals surface area contributed by atoms with Crippen LogP contribution in [0.15, 0.2) is 35.7 Å². The molecule has 4 rings (SSSR count). The summed E-state index contributed by atoms with van der Waals surface area (Å²) in [4.78, 5) is 2.05. The van der Waals surface area contributed by atoms with Crippen LogP contribution in [0.5, 0.6) is 0 Å². The minimum absolute atomic E-state index is 0.302. The molecule has 1 aromatic carbocycles. The number of rotatable bonds is 2. The first-order chi connectivity index (χ1) is 12.2. The Morgan fingerprint density at radius 1 is 1.27 bits per heavy atom. The van der Waals surface area contributed by atoms with Crippen LogP contribution in [-0.2, 0) is 16.7 Å². The van der Waals surface area contributed by atoms with Crippen LogP contribution in [0.25, 0.3) is 20.5 Å². The monoisotopic (exact) mass is 422 g/mol. The van der Waals surface area contributed by atoms with Gasteiger partial charge in [-0.25, -0.2) is 0 Å². The number of nitrogens with one attached hydrogen (secondary N) is 2. The van der Waals surface area contributed by atoms with Gasteiger partial charge in [0.2, 0.25) is 0 Å². The molecule has 3 nitrogen and oxygen atoms in total. The van der Waals surface area contributed by atoms with Crippen molar-refractivity contribution in [2.45, 2.75) is 31.1 Å². The van der Waals surface area contributed by atoms with E-state index in [9.17, 15) is 4.55 Å². The largest absolute Gasteiger partial charge is 0.616 e. The van der Waals surface area contributed by atoms with E-state index in [-0.39, 0.29) is 0 Å². The lowest BCUT2D eigenvalue weighted by atomic mass is 10.00. The molecule has 1 fully saturated rings. The van der Waals surface area contributed by atoms with Crippen molar-refractivity contribution in [1.29, 1.82) is 5.41 Å². The third kappa shape index (κ3) is 2.79. The molecule has 0 bridgehead atoms. The highest BCUT2D eigenvalue weighted by Crippen LogP contribution is 2.46. The Bertz CT molecular complexity index is 1010. The average Bonchev–Trinajstić information content (AvgIpc) is 3.17. The number of amidine groups is 1. The first kappa shape index (κ1) is 18.3. The highest BCUT2D eigenvalue weighted by atomic mass is 35.5. The zero-order valence-electron chi connectivity index (χ0n) is 14.7. The second-order valence-electron chi connectivity index (χ2n) is 7.27. The van der Waals surface area contributed by atoms with Gasteiger partial charge in [0, 0.05) is 25.9 Å². The molecule has 0 radical (unpaired) electrons. The second-order valence-corrected chi connectivity index (χ2v) is 11.6. The van der Waals surface area contributed by atoms with Crippen molar-refractivity contribution in [2.75, 3.05) is 5.75 Å². The fourth-order valence-electron chi connectivity index (χ4n) is 3.19. The van der Waals surface area contributed by atoms with Gasteiger partial charge in [-0.3, -0.25) is 5.41 Å². The van der Waals surface area contributed by atoms with Crippen LogP contribution in [0, 0.1) is 5.41 Å². The maximum atomic E-state index is 12.7. The van der Waals surface area contributed by atoms with E-state index >= 15 is 0 Å². The van der Waals surface area contributed by atoms with E-state index in [0.29, 0.717) is 16.6 Å². The Balaban J connectivity index is 1.77. The van der Waals surface area contributed by atoms with E-state index in [1.54, 1.807) is 22.7 Å². The van der Waals surface area contributed by atoms with Crippen molar-refractivity contribution in [3.63, 3.8) is 0 Å². The molecule has 0 amide bonds.